The minimum atomic E-state index is 0.753. The third-order valence-corrected chi connectivity index (χ3v) is 3.54. The van der Waals surface area contributed by atoms with Crippen LogP contribution in [0.3, 0.4) is 0 Å². The molecule has 0 spiro atoms. The van der Waals surface area contributed by atoms with Gasteiger partial charge < -0.3 is 9.88 Å². The molecule has 3 heteroatoms. The summed E-state index contributed by atoms with van der Waals surface area (Å²) in [6.07, 6.45) is 6.50. The van der Waals surface area contributed by atoms with Gasteiger partial charge in [0.2, 0.25) is 0 Å². The summed E-state index contributed by atoms with van der Waals surface area (Å²) in [7, 11) is 2.04. The van der Waals surface area contributed by atoms with E-state index >= 15 is 0 Å². The molecule has 18 heavy (non-hydrogen) atoms. The van der Waals surface area contributed by atoms with Gasteiger partial charge in [-0.3, -0.25) is 0 Å². The first kappa shape index (κ1) is 11.5. The van der Waals surface area contributed by atoms with Crippen LogP contribution in [0.1, 0.15) is 24.0 Å². The molecule has 0 radical (unpaired) electrons. The molecule has 0 amide bonds. The molecule has 94 valence electrons. The molecule has 1 aromatic carbocycles. The van der Waals surface area contributed by atoms with Crippen molar-refractivity contribution in [2.45, 2.75) is 32.4 Å². The Morgan fingerprint density at radius 1 is 1.39 bits per heavy atom. The molecule has 1 N–H and O–H groups in total. The number of imidazole rings is 1. The van der Waals surface area contributed by atoms with Crippen LogP contribution in [0.4, 0.5) is 0 Å². The minimum absolute atomic E-state index is 0.753. The summed E-state index contributed by atoms with van der Waals surface area (Å²) in [5.74, 6) is 1.04. The Kier molecular flexibility index (Phi) is 2.92. The molecule has 2 aromatic rings. The highest BCUT2D eigenvalue weighted by Crippen LogP contribution is 2.24. The quantitative estimate of drug-likeness (QED) is 0.892. The van der Waals surface area contributed by atoms with E-state index in [0.717, 1.165) is 18.4 Å². The van der Waals surface area contributed by atoms with Crippen molar-refractivity contribution in [1.29, 1.82) is 0 Å². The number of rotatable bonds is 4. The first-order valence-electron chi connectivity index (χ1n) is 6.54. The number of hydrogen-bond acceptors (Lipinski definition) is 2. The molecule has 0 atom stereocenters. The van der Waals surface area contributed by atoms with E-state index in [0.29, 0.717) is 0 Å². The summed E-state index contributed by atoms with van der Waals surface area (Å²) >= 11 is 0. The topological polar surface area (TPSA) is 29.9 Å². The SMILES string of the molecule is Cc1ccc(CNC2CC2)cc1-c1nccn1C. The zero-order valence-electron chi connectivity index (χ0n) is 11.0. The maximum absolute atomic E-state index is 4.44. The first-order chi connectivity index (χ1) is 8.74. The fourth-order valence-corrected chi connectivity index (χ4v) is 2.19. The van der Waals surface area contributed by atoms with Gasteiger partial charge in [-0.2, -0.15) is 0 Å². The van der Waals surface area contributed by atoms with Gasteiger partial charge in [0.1, 0.15) is 5.82 Å². The molecule has 1 aliphatic rings. The Morgan fingerprint density at radius 2 is 2.22 bits per heavy atom. The monoisotopic (exact) mass is 241 g/mol. The number of aryl methyl sites for hydroxylation is 2. The van der Waals surface area contributed by atoms with E-state index in [4.69, 9.17) is 0 Å². The largest absolute Gasteiger partial charge is 0.334 e. The van der Waals surface area contributed by atoms with Crippen LogP contribution >= 0.6 is 0 Å². The van der Waals surface area contributed by atoms with E-state index in [1.165, 1.54) is 29.5 Å². The van der Waals surface area contributed by atoms with Gasteiger partial charge in [-0.1, -0.05) is 12.1 Å². The lowest BCUT2D eigenvalue weighted by molar-refractivity contribution is 0.688. The van der Waals surface area contributed by atoms with E-state index in [9.17, 15) is 0 Å². The highest BCUT2D eigenvalue weighted by Gasteiger charge is 2.20. The second-order valence-electron chi connectivity index (χ2n) is 5.17. The predicted molar refractivity (Wildman–Crippen MR) is 73.2 cm³/mol. The third-order valence-electron chi connectivity index (χ3n) is 3.54. The number of aromatic nitrogens is 2. The van der Waals surface area contributed by atoms with Crippen molar-refractivity contribution in [2.75, 3.05) is 0 Å². The molecule has 1 aromatic heterocycles. The van der Waals surface area contributed by atoms with Gasteiger partial charge in [0, 0.05) is 37.6 Å². The van der Waals surface area contributed by atoms with Crippen molar-refractivity contribution in [1.82, 2.24) is 14.9 Å². The average Bonchev–Trinajstić information content (AvgIpc) is 3.10. The van der Waals surface area contributed by atoms with Crippen LogP contribution in [0.25, 0.3) is 11.4 Å². The van der Waals surface area contributed by atoms with Gasteiger partial charge >= 0.3 is 0 Å². The number of benzene rings is 1. The molecule has 0 aliphatic heterocycles. The molecule has 1 fully saturated rings. The minimum Gasteiger partial charge on any atom is -0.334 e. The van der Waals surface area contributed by atoms with Crippen molar-refractivity contribution >= 4 is 0 Å². The van der Waals surface area contributed by atoms with Crippen LogP contribution < -0.4 is 5.32 Å². The summed E-state index contributed by atoms with van der Waals surface area (Å²) in [5, 5.41) is 3.55. The van der Waals surface area contributed by atoms with Crippen LogP contribution in [0.2, 0.25) is 0 Å². The highest BCUT2D eigenvalue weighted by molar-refractivity contribution is 5.61. The second-order valence-corrected chi connectivity index (χ2v) is 5.17. The summed E-state index contributed by atoms with van der Waals surface area (Å²) in [6, 6.07) is 7.40. The van der Waals surface area contributed by atoms with E-state index in [1.54, 1.807) is 0 Å². The normalized spacial score (nSPS) is 15.0. The maximum atomic E-state index is 4.44. The van der Waals surface area contributed by atoms with Crippen molar-refractivity contribution in [2.24, 2.45) is 7.05 Å². The van der Waals surface area contributed by atoms with Crippen LogP contribution in [-0.4, -0.2) is 15.6 Å². The molecular formula is C15H19N3. The molecule has 1 aliphatic carbocycles. The van der Waals surface area contributed by atoms with Crippen molar-refractivity contribution in [3.8, 4) is 11.4 Å². The first-order valence-corrected chi connectivity index (χ1v) is 6.54. The van der Waals surface area contributed by atoms with Crippen LogP contribution in [-0.2, 0) is 13.6 Å². The smallest absolute Gasteiger partial charge is 0.139 e. The lowest BCUT2D eigenvalue weighted by atomic mass is 10.0. The third kappa shape index (κ3) is 2.31. The summed E-state index contributed by atoms with van der Waals surface area (Å²) < 4.78 is 2.07. The lowest BCUT2D eigenvalue weighted by Gasteiger charge is -2.09. The maximum Gasteiger partial charge on any atom is 0.139 e. The van der Waals surface area contributed by atoms with Crippen molar-refractivity contribution in [3.63, 3.8) is 0 Å². The molecule has 0 unspecified atom stereocenters. The molecule has 1 heterocycles. The van der Waals surface area contributed by atoms with Crippen molar-refractivity contribution < 1.29 is 0 Å². The van der Waals surface area contributed by atoms with E-state index in [1.807, 2.05) is 19.4 Å². The molecule has 1 saturated carbocycles. The van der Waals surface area contributed by atoms with E-state index in [-0.39, 0.29) is 0 Å². The number of nitrogens with zero attached hydrogens (tertiary/aromatic N) is 2. The fraction of sp³-hybridized carbons (Fsp3) is 0.400. The van der Waals surface area contributed by atoms with E-state index in [2.05, 4.69) is 40.0 Å². The Morgan fingerprint density at radius 3 is 2.89 bits per heavy atom. The van der Waals surface area contributed by atoms with Gasteiger partial charge in [-0.15, -0.1) is 0 Å². The number of hydrogen-bond donors (Lipinski definition) is 1. The molecule has 3 rings (SSSR count). The average molecular weight is 241 g/mol. The van der Waals surface area contributed by atoms with Gasteiger partial charge in [0.05, 0.1) is 0 Å². The lowest BCUT2D eigenvalue weighted by Crippen LogP contribution is -2.15. The van der Waals surface area contributed by atoms with Gasteiger partial charge in [-0.05, 0) is 37.0 Å². The molecule has 0 saturated heterocycles. The predicted octanol–water partition coefficient (Wildman–Crippen LogP) is 2.65. The zero-order valence-corrected chi connectivity index (χ0v) is 11.0. The summed E-state index contributed by atoms with van der Waals surface area (Å²) in [5.41, 5.74) is 3.85. The van der Waals surface area contributed by atoms with Crippen LogP contribution in [0.5, 0.6) is 0 Å². The van der Waals surface area contributed by atoms with Crippen LogP contribution in [0, 0.1) is 6.92 Å². The molecule has 3 nitrogen and oxygen atoms in total. The Hall–Kier alpha value is -1.61. The van der Waals surface area contributed by atoms with Gasteiger partial charge in [0.15, 0.2) is 0 Å². The molecular weight excluding hydrogens is 222 g/mol. The Balaban J connectivity index is 1.87. The van der Waals surface area contributed by atoms with Gasteiger partial charge in [0.25, 0.3) is 0 Å². The fourth-order valence-electron chi connectivity index (χ4n) is 2.19. The highest BCUT2D eigenvalue weighted by atomic mass is 15.0. The van der Waals surface area contributed by atoms with Crippen molar-refractivity contribution in [3.05, 3.63) is 41.7 Å². The summed E-state index contributed by atoms with van der Waals surface area (Å²) in [4.78, 5) is 4.44. The summed E-state index contributed by atoms with van der Waals surface area (Å²) in [6.45, 7) is 3.10. The second kappa shape index (κ2) is 4.58. The standard InChI is InChI=1S/C15H19N3/c1-11-3-4-12(10-17-13-5-6-13)9-14(11)15-16-7-8-18(15)2/h3-4,7-9,13,17H,5-6,10H2,1-2H3. The van der Waals surface area contributed by atoms with Crippen LogP contribution in [0.15, 0.2) is 30.6 Å². The Labute approximate surface area is 108 Å². The number of nitrogens with one attached hydrogen (secondary N) is 1. The Bertz CT molecular complexity index is 553. The molecule has 0 bridgehead atoms. The van der Waals surface area contributed by atoms with E-state index < -0.39 is 0 Å². The van der Waals surface area contributed by atoms with Gasteiger partial charge in [-0.25, -0.2) is 4.98 Å². The zero-order chi connectivity index (χ0) is 12.5.